The third-order valence-corrected chi connectivity index (χ3v) is 9.06. The molecule has 5 heterocycles. The van der Waals surface area contributed by atoms with E-state index in [1.807, 2.05) is 47.5 Å². The van der Waals surface area contributed by atoms with Gasteiger partial charge < -0.3 is 4.90 Å². The van der Waals surface area contributed by atoms with Crippen LogP contribution in [0.15, 0.2) is 96.1 Å². The molecule has 214 valence electrons. The van der Waals surface area contributed by atoms with Gasteiger partial charge >= 0.3 is 5.69 Å². The second kappa shape index (κ2) is 10.2. The summed E-state index contributed by atoms with van der Waals surface area (Å²) < 4.78 is 3.46. The van der Waals surface area contributed by atoms with E-state index in [0.717, 1.165) is 74.5 Å². The summed E-state index contributed by atoms with van der Waals surface area (Å²) in [5, 5.41) is 1.99. The number of para-hydroxylation sites is 1. The Balaban J connectivity index is 0.00000300. The van der Waals surface area contributed by atoms with E-state index in [-0.39, 0.29) is 36.1 Å². The van der Waals surface area contributed by atoms with Crippen molar-refractivity contribution in [2.75, 3.05) is 0 Å². The zero-order valence-corrected chi connectivity index (χ0v) is 24.7. The Kier molecular flexibility index (Phi) is 6.43. The van der Waals surface area contributed by atoms with E-state index >= 15 is 0 Å². The molecule has 8 heteroatoms. The topological polar surface area (TPSA) is 73.0 Å². The monoisotopic (exact) mass is 587 g/mol. The van der Waals surface area contributed by atoms with Gasteiger partial charge in [0.15, 0.2) is 0 Å². The van der Waals surface area contributed by atoms with E-state index in [1.54, 1.807) is 29.3 Å². The van der Waals surface area contributed by atoms with Crippen LogP contribution in [0.25, 0.3) is 55.2 Å². The van der Waals surface area contributed by atoms with Crippen LogP contribution in [-0.2, 0) is 11.8 Å². The number of fused-ring (bicyclic) bond motifs is 6. The number of hydrogen-bond donors (Lipinski definition) is 0. The molecule has 2 aliphatic rings. The summed E-state index contributed by atoms with van der Waals surface area (Å²) in [6.45, 7) is 1.67. The van der Waals surface area contributed by atoms with E-state index in [9.17, 15) is 9.59 Å². The van der Waals surface area contributed by atoms with Gasteiger partial charge in [0, 0.05) is 42.5 Å². The van der Waals surface area contributed by atoms with E-state index in [4.69, 9.17) is 4.98 Å². The molecule has 2 atom stereocenters. The minimum atomic E-state index is -0.114. The average Bonchev–Trinajstić information content (AvgIpc) is 3.45. The molecule has 2 unspecified atom stereocenters. The fourth-order valence-electron chi connectivity index (χ4n) is 7.00. The number of carbonyl (C=O) groups is 1. The van der Waals surface area contributed by atoms with E-state index < -0.39 is 0 Å². The first-order valence-electron chi connectivity index (χ1n) is 14.4. The SMILES string of the molecule is CC(=O)N1C2C=C(c3ccc(-n4c(=O)n(C)c5cnc6ccc(-c7cnc8ccccc8c7)cc6c54)cc3)CC1CC2.Cl. The van der Waals surface area contributed by atoms with Crippen LogP contribution in [-0.4, -0.2) is 42.0 Å². The number of hydrogen-bond acceptors (Lipinski definition) is 4. The standard InChI is InChI=1S/C35H29N5O2.ClH/c1-21(41)39-28-12-13-29(39)17-25(16-28)22-7-10-27(11-8-22)40-34-30-18-23(26-15-24-5-3-4-6-31(24)36-19-26)9-14-32(30)37-20-33(34)38(2)35(40)42;/h3-11,14-16,18-20,28-29H,12-13,17H2,1-2H3;1H. The minimum Gasteiger partial charge on any atom is -0.333 e. The molecule has 6 aromatic rings. The van der Waals surface area contributed by atoms with Gasteiger partial charge in [0.25, 0.3) is 0 Å². The lowest BCUT2D eigenvalue weighted by molar-refractivity contribution is -0.131. The highest BCUT2D eigenvalue weighted by Crippen LogP contribution is 2.39. The number of amides is 1. The van der Waals surface area contributed by atoms with Crippen molar-refractivity contribution in [2.24, 2.45) is 7.05 Å². The molecule has 0 spiro atoms. The molecule has 1 fully saturated rings. The number of nitrogens with zero attached hydrogens (tertiary/aromatic N) is 5. The summed E-state index contributed by atoms with van der Waals surface area (Å²) in [7, 11) is 1.80. The van der Waals surface area contributed by atoms with Crippen LogP contribution in [0.3, 0.4) is 0 Å². The van der Waals surface area contributed by atoms with Crippen molar-refractivity contribution in [3.63, 3.8) is 0 Å². The predicted molar refractivity (Wildman–Crippen MR) is 174 cm³/mol. The molecule has 2 aliphatic heterocycles. The van der Waals surface area contributed by atoms with Crippen LogP contribution in [0.5, 0.6) is 0 Å². The fraction of sp³-hybridized carbons (Fsp3) is 0.200. The van der Waals surface area contributed by atoms with Crippen LogP contribution in [0, 0.1) is 0 Å². The number of imidazole rings is 1. The van der Waals surface area contributed by atoms with Crippen molar-refractivity contribution in [3.05, 3.63) is 107 Å². The summed E-state index contributed by atoms with van der Waals surface area (Å²) in [5.41, 5.74) is 8.55. The molecular weight excluding hydrogens is 558 g/mol. The van der Waals surface area contributed by atoms with Gasteiger partial charge in [-0.25, -0.2) is 4.79 Å². The second-order valence-corrected chi connectivity index (χ2v) is 11.5. The van der Waals surface area contributed by atoms with Gasteiger partial charge in [-0.1, -0.05) is 42.5 Å². The lowest BCUT2D eigenvalue weighted by atomic mass is 9.94. The maximum atomic E-state index is 13.7. The van der Waals surface area contributed by atoms with Crippen molar-refractivity contribution in [2.45, 2.75) is 38.3 Å². The molecule has 0 aliphatic carbocycles. The summed E-state index contributed by atoms with van der Waals surface area (Å²) in [5.74, 6) is 0.158. The highest BCUT2D eigenvalue weighted by molar-refractivity contribution is 6.05. The Morgan fingerprint density at radius 3 is 2.42 bits per heavy atom. The van der Waals surface area contributed by atoms with E-state index in [1.165, 1.54) is 5.57 Å². The molecule has 2 bridgehead atoms. The van der Waals surface area contributed by atoms with Gasteiger partial charge in [-0.3, -0.25) is 23.9 Å². The number of carbonyl (C=O) groups excluding carboxylic acids is 1. The zero-order chi connectivity index (χ0) is 28.5. The quantitative estimate of drug-likeness (QED) is 0.231. The fourth-order valence-corrected chi connectivity index (χ4v) is 7.00. The Morgan fingerprint density at radius 2 is 1.63 bits per heavy atom. The molecular formula is C35H30ClN5O2. The van der Waals surface area contributed by atoms with Crippen molar-refractivity contribution < 1.29 is 4.79 Å². The van der Waals surface area contributed by atoms with E-state index in [0.29, 0.717) is 0 Å². The van der Waals surface area contributed by atoms with Crippen molar-refractivity contribution in [1.82, 2.24) is 24.0 Å². The van der Waals surface area contributed by atoms with Crippen LogP contribution in [0.1, 0.15) is 31.7 Å². The van der Waals surface area contributed by atoms with Gasteiger partial charge in [0.2, 0.25) is 5.91 Å². The van der Waals surface area contributed by atoms with Crippen molar-refractivity contribution >= 4 is 56.7 Å². The number of rotatable bonds is 3. The normalized spacial score (nSPS) is 17.8. The first-order valence-corrected chi connectivity index (χ1v) is 14.4. The number of pyridine rings is 2. The van der Waals surface area contributed by atoms with Crippen LogP contribution >= 0.6 is 12.4 Å². The third kappa shape index (κ3) is 4.26. The van der Waals surface area contributed by atoms with Gasteiger partial charge in [-0.2, -0.15) is 0 Å². The number of halogens is 1. The first kappa shape index (κ1) is 27.1. The first-order chi connectivity index (χ1) is 20.5. The Hall–Kier alpha value is -4.75. The van der Waals surface area contributed by atoms with Crippen LogP contribution in [0.2, 0.25) is 0 Å². The molecule has 1 saturated heterocycles. The Bertz CT molecular complexity index is 2160. The minimum absolute atomic E-state index is 0. The number of aromatic nitrogens is 4. The molecule has 43 heavy (non-hydrogen) atoms. The Morgan fingerprint density at radius 1 is 0.860 bits per heavy atom. The molecule has 0 saturated carbocycles. The molecule has 7 nitrogen and oxygen atoms in total. The summed E-state index contributed by atoms with van der Waals surface area (Å²) in [6.07, 6.45) is 8.88. The molecule has 3 aromatic carbocycles. The van der Waals surface area contributed by atoms with E-state index in [2.05, 4.69) is 47.5 Å². The number of aryl methyl sites for hydroxylation is 1. The van der Waals surface area contributed by atoms with Gasteiger partial charge in [-0.15, -0.1) is 12.4 Å². The lowest BCUT2D eigenvalue weighted by Crippen LogP contribution is -2.41. The molecule has 8 rings (SSSR count). The maximum Gasteiger partial charge on any atom is 0.333 e. The average molecular weight is 588 g/mol. The summed E-state index contributed by atoms with van der Waals surface area (Å²) in [4.78, 5) is 37.2. The smallest absolute Gasteiger partial charge is 0.333 e. The van der Waals surface area contributed by atoms with Crippen molar-refractivity contribution in [1.29, 1.82) is 0 Å². The maximum absolute atomic E-state index is 13.7. The van der Waals surface area contributed by atoms with Gasteiger partial charge in [0.1, 0.15) is 0 Å². The van der Waals surface area contributed by atoms with Gasteiger partial charge in [-0.05, 0) is 72.4 Å². The highest BCUT2D eigenvalue weighted by atomic mass is 35.5. The van der Waals surface area contributed by atoms with Crippen LogP contribution in [0.4, 0.5) is 0 Å². The third-order valence-electron chi connectivity index (χ3n) is 9.06. The van der Waals surface area contributed by atoms with Crippen LogP contribution < -0.4 is 5.69 Å². The van der Waals surface area contributed by atoms with Gasteiger partial charge in [0.05, 0.1) is 40.0 Å². The lowest BCUT2D eigenvalue weighted by Gasteiger charge is -2.33. The number of benzene rings is 3. The second-order valence-electron chi connectivity index (χ2n) is 11.5. The zero-order valence-electron chi connectivity index (χ0n) is 23.9. The highest BCUT2D eigenvalue weighted by Gasteiger charge is 2.38. The largest absolute Gasteiger partial charge is 0.333 e. The molecule has 1 amide bonds. The molecule has 3 aromatic heterocycles. The predicted octanol–water partition coefficient (Wildman–Crippen LogP) is 6.68. The molecule has 0 N–H and O–H groups in total. The van der Waals surface area contributed by atoms with Crippen molar-refractivity contribution in [3.8, 4) is 16.8 Å². The Labute approximate surface area is 254 Å². The summed E-state index contributed by atoms with van der Waals surface area (Å²) >= 11 is 0. The molecule has 0 radical (unpaired) electrons. The summed E-state index contributed by atoms with van der Waals surface area (Å²) in [6, 6.07) is 25.1.